The highest BCUT2D eigenvalue weighted by Crippen LogP contribution is 2.18. The topological polar surface area (TPSA) is 26.3 Å². The number of benzene rings is 1. The van der Waals surface area contributed by atoms with Crippen molar-refractivity contribution in [3.63, 3.8) is 0 Å². The van der Waals surface area contributed by atoms with Crippen LogP contribution in [-0.4, -0.2) is 12.4 Å². The molecule has 0 fully saturated rings. The highest BCUT2D eigenvalue weighted by molar-refractivity contribution is 5.75. The molecule has 0 spiro atoms. The predicted octanol–water partition coefficient (Wildman–Crippen LogP) is 3.44. The van der Waals surface area contributed by atoms with Gasteiger partial charge >= 0.3 is 0 Å². The zero-order chi connectivity index (χ0) is 12.0. The lowest BCUT2D eigenvalue weighted by atomic mass is 10.1. The molecule has 0 radical (unpaired) electrons. The third-order valence-corrected chi connectivity index (χ3v) is 2.51. The molecule has 0 bridgehead atoms. The molecule has 0 atom stereocenters. The Morgan fingerprint density at radius 1 is 1.25 bits per heavy atom. The fourth-order valence-electron chi connectivity index (χ4n) is 1.62. The molecule has 0 aliphatic rings. The smallest absolute Gasteiger partial charge is 0.129 e. The van der Waals surface area contributed by atoms with Gasteiger partial charge in [-0.25, -0.2) is 0 Å². The van der Waals surface area contributed by atoms with Crippen LogP contribution >= 0.6 is 0 Å². The van der Waals surface area contributed by atoms with Gasteiger partial charge in [0.15, 0.2) is 0 Å². The maximum absolute atomic E-state index is 10.7. The van der Waals surface area contributed by atoms with Crippen molar-refractivity contribution >= 4 is 5.78 Å². The molecule has 16 heavy (non-hydrogen) atoms. The Hall–Kier alpha value is -1.31. The lowest BCUT2D eigenvalue weighted by Gasteiger charge is -2.09. The van der Waals surface area contributed by atoms with Gasteiger partial charge in [0, 0.05) is 6.42 Å². The second-order valence-electron chi connectivity index (χ2n) is 4.28. The van der Waals surface area contributed by atoms with Gasteiger partial charge in [0.2, 0.25) is 0 Å². The van der Waals surface area contributed by atoms with E-state index < -0.39 is 0 Å². The highest BCUT2D eigenvalue weighted by atomic mass is 16.5. The van der Waals surface area contributed by atoms with Crippen LogP contribution in [0.5, 0.6) is 5.75 Å². The first-order valence-electron chi connectivity index (χ1n) is 5.79. The zero-order valence-electron chi connectivity index (χ0n) is 10.4. The van der Waals surface area contributed by atoms with Crippen LogP contribution in [0.2, 0.25) is 0 Å². The van der Waals surface area contributed by atoms with E-state index in [0.29, 0.717) is 13.0 Å². The molecule has 0 aliphatic heterocycles. The van der Waals surface area contributed by atoms with Crippen molar-refractivity contribution in [1.29, 1.82) is 0 Å². The summed E-state index contributed by atoms with van der Waals surface area (Å²) in [6, 6.07) is 6.18. The Bertz CT molecular complexity index is 356. The van der Waals surface area contributed by atoms with E-state index in [0.717, 1.165) is 18.6 Å². The average Bonchev–Trinajstić information content (AvgIpc) is 2.20. The number of unbranched alkanes of at least 4 members (excludes halogenated alkanes) is 1. The van der Waals surface area contributed by atoms with Gasteiger partial charge in [-0.3, -0.25) is 0 Å². The summed E-state index contributed by atoms with van der Waals surface area (Å²) >= 11 is 0. The van der Waals surface area contributed by atoms with Crippen molar-refractivity contribution in [3.05, 3.63) is 29.3 Å². The number of aryl methyl sites for hydroxylation is 2. The van der Waals surface area contributed by atoms with E-state index in [1.54, 1.807) is 6.92 Å². The van der Waals surface area contributed by atoms with Crippen molar-refractivity contribution in [1.82, 2.24) is 0 Å². The van der Waals surface area contributed by atoms with Gasteiger partial charge in [-0.2, -0.15) is 0 Å². The summed E-state index contributed by atoms with van der Waals surface area (Å²) < 4.78 is 5.66. The Morgan fingerprint density at radius 2 is 2.00 bits per heavy atom. The Morgan fingerprint density at radius 3 is 2.62 bits per heavy atom. The maximum Gasteiger partial charge on any atom is 0.129 e. The molecule has 0 aromatic heterocycles. The van der Waals surface area contributed by atoms with Crippen LogP contribution in [-0.2, 0) is 4.79 Å². The van der Waals surface area contributed by atoms with Gasteiger partial charge < -0.3 is 9.53 Å². The van der Waals surface area contributed by atoms with Gasteiger partial charge in [0.05, 0.1) is 6.61 Å². The molecule has 0 amide bonds. The summed E-state index contributed by atoms with van der Waals surface area (Å²) in [5.41, 5.74) is 2.42. The van der Waals surface area contributed by atoms with Crippen LogP contribution in [0.15, 0.2) is 18.2 Å². The van der Waals surface area contributed by atoms with Gasteiger partial charge in [-0.1, -0.05) is 17.7 Å². The lowest BCUT2D eigenvalue weighted by Crippen LogP contribution is -2.00. The standard InChI is InChI=1S/C14H20O2/c1-11-7-8-14(12(2)10-11)16-9-5-4-6-13(3)15/h7-8,10H,4-6,9H2,1-3H3. The minimum absolute atomic E-state index is 0.256. The van der Waals surface area contributed by atoms with Crippen molar-refractivity contribution in [2.45, 2.75) is 40.0 Å². The number of carbonyl (C=O) groups excluding carboxylic acids is 1. The van der Waals surface area contributed by atoms with E-state index in [1.165, 1.54) is 11.1 Å². The molecular formula is C14H20O2. The van der Waals surface area contributed by atoms with Gasteiger partial charge in [-0.15, -0.1) is 0 Å². The Kier molecular flexibility index (Phi) is 5.03. The second-order valence-corrected chi connectivity index (χ2v) is 4.28. The number of carbonyl (C=O) groups is 1. The number of ether oxygens (including phenoxy) is 1. The van der Waals surface area contributed by atoms with Crippen LogP contribution in [0.25, 0.3) is 0 Å². The van der Waals surface area contributed by atoms with E-state index in [4.69, 9.17) is 4.74 Å². The van der Waals surface area contributed by atoms with Crippen LogP contribution in [0.1, 0.15) is 37.3 Å². The lowest BCUT2D eigenvalue weighted by molar-refractivity contribution is -0.117. The highest BCUT2D eigenvalue weighted by Gasteiger charge is 1.99. The summed E-state index contributed by atoms with van der Waals surface area (Å²) in [7, 11) is 0. The number of hydrogen-bond acceptors (Lipinski definition) is 2. The number of Topliss-reactive ketones (excluding diaryl/α,β-unsaturated/α-hetero) is 1. The minimum Gasteiger partial charge on any atom is -0.493 e. The molecule has 2 heteroatoms. The number of hydrogen-bond donors (Lipinski definition) is 0. The first kappa shape index (κ1) is 12.8. The van der Waals surface area contributed by atoms with Crippen LogP contribution in [0, 0.1) is 13.8 Å². The quantitative estimate of drug-likeness (QED) is 0.686. The van der Waals surface area contributed by atoms with E-state index >= 15 is 0 Å². The van der Waals surface area contributed by atoms with Gasteiger partial charge in [0.1, 0.15) is 11.5 Å². The van der Waals surface area contributed by atoms with E-state index in [2.05, 4.69) is 26.0 Å². The van der Waals surface area contributed by atoms with Crippen LogP contribution in [0.3, 0.4) is 0 Å². The molecule has 0 saturated carbocycles. The molecule has 1 rings (SSSR count). The fraction of sp³-hybridized carbons (Fsp3) is 0.500. The second kappa shape index (κ2) is 6.31. The molecule has 0 unspecified atom stereocenters. The fourth-order valence-corrected chi connectivity index (χ4v) is 1.62. The maximum atomic E-state index is 10.7. The minimum atomic E-state index is 0.256. The van der Waals surface area contributed by atoms with E-state index in [9.17, 15) is 4.79 Å². The molecule has 88 valence electrons. The molecule has 0 aliphatic carbocycles. The number of ketones is 1. The van der Waals surface area contributed by atoms with E-state index in [-0.39, 0.29) is 5.78 Å². The molecule has 1 aromatic carbocycles. The van der Waals surface area contributed by atoms with Gasteiger partial charge in [-0.05, 0) is 45.2 Å². The molecule has 0 heterocycles. The summed E-state index contributed by atoms with van der Waals surface area (Å²) in [5, 5.41) is 0. The summed E-state index contributed by atoms with van der Waals surface area (Å²) in [6.45, 7) is 6.45. The monoisotopic (exact) mass is 220 g/mol. The summed E-state index contributed by atoms with van der Waals surface area (Å²) in [5.74, 6) is 1.21. The Labute approximate surface area is 97.6 Å². The molecular weight excluding hydrogens is 200 g/mol. The van der Waals surface area contributed by atoms with Crippen molar-refractivity contribution in [3.8, 4) is 5.75 Å². The summed E-state index contributed by atoms with van der Waals surface area (Å²) in [4.78, 5) is 10.7. The first-order chi connectivity index (χ1) is 7.59. The SMILES string of the molecule is CC(=O)CCCCOc1ccc(C)cc1C. The third kappa shape index (κ3) is 4.47. The number of rotatable bonds is 6. The normalized spacial score (nSPS) is 10.2. The average molecular weight is 220 g/mol. The molecule has 0 N–H and O–H groups in total. The van der Waals surface area contributed by atoms with Crippen molar-refractivity contribution in [2.24, 2.45) is 0 Å². The summed E-state index contributed by atoms with van der Waals surface area (Å²) in [6.07, 6.45) is 2.52. The predicted molar refractivity (Wildman–Crippen MR) is 65.9 cm³/mol. The van der Waals surface area contributed by atoms with Gasteiger partial charge in [0.25, 0.3) is 0 Å². The van der Waals surface area contributed by atoms with E-state index in [1.807, 2.05) is 6.07 Å². The Balaban J connectivity index is 2.29. The van der Waals surface area contributed by atoms with Crippen molar-refractivity contribution < 1.29 is 9.53 Å². The van der Waals surface area contributed by atoms with Crippen molar-refractivity contribution in [2.75, 3.05) is 6.61 Å². The molecule has 1 aromatic rings. The molecule has 2 nitrogen and oxygen atoms in total. The van der Waals surface area contributed by atoms with Crippen LogP contribution < -0.4 is 4.74 Å². The van der Waals surface area contributed by atoms with Crippen LogP contribution in [0.4, 0.5) is 0 Å². The zero-order valence-corrected chi connectivity index (χ0v) is 10.4. The molecule has 0 saturated heterocycles. The first-order valence-corrected chi connectivity index (χ1v) is 5.79. The third-order valence-electron chi connectivity index (χ3n) is 2.51. The largest absolute Gasteiger partial charge is 0.493 e.